The van der Waals surface area contributed by atoms with Gasteiger partial charge < -0.3 is 9.73 Å². The molecule has 0 radical (unpaired) electrons. The van der Waals surface area contributed by atoms with Gasteiger partial charge in [0.05, 0.1) is 4.90 Å². The van der Waals surface area contributed by atoms with E-state index in [-0.39, 0.29) is 10.5 Å². The molecule has 7 nitrogen and oxygen atoms in total. The van der Waals surface area contributed by atoms with E-state index in [1.807, 2.05) is 6.07 Å². The molecule has 3 aromatic rings. The quantitative estimate of drug-likeness (QED) is 0.430. The Morgan fingerprint density at radius 2 is 1.72 bits per heavy atom. The maximum absolute atomic E-state index is 12.3. The summed E-state index contributed by atoms with van der Waals surface area (Å²) in [6.45, 7) is 0. The first-order valence-corrected chi connectivity index (χ1v) is 10.5. The molecule has 2 aromatic carbocycles. The molecule has 0 saturated carbocycles. The van der Waals surface area contributed by atoms with Crippen molar-refractivity contribution in [3.8, 4) is 17.4 Å². The van der Waals surface area contributed by atoms with Crippen molar-refractivity contribution in [2.75, 3.05) is 5.32 Å². The number of sulfonamides is 1. The Morgan fingerprint density at radius 3 is 2.31 bits per heavy atom. The van der Waals surface area contributed by atoms with Crippen molar-refractivity contribution in [2.45, 2.75) is 4.90 Å². The van der Waals surface area contributed by atoms with Crippen LogP contribution in [0.25, 0.3) is 17.4 Å². The molecule has 29 heavy (non-hydrogen) atoms. The van der Waals surface area contributed by atoms with Crippen LogP contribution in [0.15, 0.2) is 80.0 Å². The van der Waals surface area contributed by atoms with Gasteiger partial charge in [-0.05, 0) is 60.7 Å². The predicted octanol–water partition coefficient (Wildman–Crippen LogP) is 3.90. The second-order valence-corrected chi connectivity index (χ2v) is 8.38. The Kier molecular flexibility index (Phi) is 5.98. The van der Waals surface area contributed by atoms with E-state index in [9.17, 15) is 18.5 Å². The van der Waals surface area contributed by atoms with Crippen LogP contribution in [0.3, 0.4) is 0 Å². The third-order valence-corrected chi connectivity index (χ3v) is 5.31. The van der Waals surface area contributed by atoms with E-state index >= 15 is 0 Å². The van der Waals surface area contributed by atoms with Crippen molar-refractivity contribution >= 4 is 43.6 Å². The number of hydrogen-bond acceptors (Lipinski definition) is 5. The SMILES string of the molecule is N#C/C(=C\c1ccc(-c2ccc(S(N)(=O)=O)cc2)o1)C(=O)Nc1ccc(Br)cc1. The van der Waals surface area contributed by atoms with Gasteiger partial charge in [-0.25, -0.2) is 13.6 Å². The Hall–Kier alpha value is -3.19. The number of anilines is 1. The first kappa shape index (κ1) is 20.5. The number of furan rings is 1. The lowest BCUT2D eigenvalue weighted by Crippen LogP contribution is -2.13. The molecule has 9 heteroatoms. The molecule has 0 atom stereocenters. The average Bonchev–Trinajstić information content (AvgIpc) is 3.16. The number of nitrogens with zero attached hydrogens (tertiary/aromatic N) is 1. The molecule has 0 unspecified atom stereocenters. The van der Waals surface area contributed by atoms with E-state index in [0.717, 1.165) is 4.47 Å². The van der Waals surface area contributed by atoms with Crippen molar-refractivity contribution < 1.29 is 17.6 Å². The fourth-order valence-electron chi connectivity index (χ4n) is 2.42. The van der Waals surface area contributed by atoms with Gasteiger partial charge in [0.2, 0.25) is 10.0 Å². The van der Waals surface area contributed by atoms with Crippen molar-refractivity contribution in [1.82, 2.24) is 0 Å². The summed E-state index contributed by atoms with van der Waals surface area (Å²) >= 11 is 3.31. The summed E-state index contributed by atoms with van der Waals surface area (Å²) in [7, 11) is -3.78. The normalized spacial score (nSPS) is 11.7. The van der Waals surface area contributed by atoms with Crippen molar-refractivity contribution in [3.05, 3.63) is 76.5 Å². The van der Waals surface area contributed by atoms with Gasteiger partial charge in [-0.2, -0.15) is 5.26 Å². The van der Waals surface area contributed by atoms with Crippen LogP contribution in [0.5, 0.6) is 0 Å². The molecule has 3 rings (SSSR count). The summed E-state index contributed by atoms with van der Waals surface area (Å²) in [6, 6.07) is 17.9. The number of amides is 1. The number of hydrogen-bond donors (Lipinski definition) is 2. The number of nitrogens with two attached hydrogens (primary N) is 1. The molecule has 146 valence electrons. The number of rotatable bonds is 5. The number of primary sulfonamides is 1. The van der Waals surface area contributed by atoms with Crippen LogP contribution in [0, 0.1) is 11.3 Å². The van der Waals surface area contributed by atoms with Gasteiger partial charge in [0.15, 0.2) is 0 Å². The first-order valence-electron chi connectivity index (χ1n) is 8.18. The van der Waals surface area contributed by atoms with E-state index in [2.05, 4.69) is 21.2 Å². The maximum atomic E-state index is 12.3. The second kappa shape index (κ2) is 8.45. The van der Waals surface area contributed by atoms with E-state index in [1.165, 1.54) is 18.2 Å². The molecule has 1 amide bonds. The van der Waals surface area contributed by atoms with Gasteiger partial charge in [0.25, 0.3) is 5.91 Å². The van der Waals surface area contributed by atoms with Gasteiger partial charge >= 0.3 is 0 Å². The van der Waals surface area contributed by atoms with Crippen LogP contribution >= 0.6 is 15.9 Å². The van der Waals surface area contributed by atoms with Crippen molar-refractivity contribution in [2.24, 2.45) is 5.14 Å². The fourth-order valence-corrected chi connectivity index (χ4v) is 3.20. The van der Waals surface area contributed by atoms with Crippen LogP contribution in [0.2, 0.25) is 0 Å². The van der Waals surface area contributed by atoms with E-state index in [1.54, 1.807) is 48.5 Å². The minimum absolute atomic E-state index is 0.00990. The summed E-state index contributed by atoms with van der Waals surface area (Å²) in [5, 5.41) is 17.0. The Labute approximate surface area is 175 Å². The average molecular weight is 472 g/mol. The van der Waals surface area contributed by atoms with E-state index in [0.29, 0.717) is 22.8 Å². The largest absolute Gasteiger partial charge is 0.457 e. The molecule has 1 aromatic heterocycles. The molecule has 3 N–H and O–H groups in total. The zero-order chi connectivity index (χ0) is 21.0. The highest BCUT2D eigenvalue weighted by molar-refractivity contribution is 9.10. The Morgan fingerprint density at radius 1 is 1.07 bits per heavy atom. The highest BCUT2D eigenvalue weighted by Gasteiger charge is 2.12. The zero-order valence-corrected chi connectivity index (χ0v) is 17.2. The number of carbonyl (C=O) groups is 1. The first-order chi connectivity index (χ1) is 13.8. The number of nitriles is 1. The third-order valence-electron chi connectivity index (χ3n) is 3.85. The summed E-state index contributed by atoms with van der Waals surface area (Å²) in [6.07, 6.45) is 1.33. The fraction of sp³-hybridized carbons (Fsp3) is 0. The van der Waals surface area contributed by atoms with Crippen LogP contribution in [-0.4, -0.2) is 14.3 Å². The van der Waals surface area contributed by atoms with Gasteiger partial charge in [0.1, 0.15) is 23.2 Å². The molecule has 0 aliphatic heterocycles. The lowest BCUT2D eigenvalue weighted by Gasteiger charge is -2.04. The van der Waals surface area contributed by atoms with Crippen molar-refractivity contribution in [1.29, 1.82) is 5.26 Å². The van der Waals surface area contributed by atoms with Crippen LogP contribution in [-0.2, 0) is 14.8 Å². The van der Waals surface area contributed by atoms with Crippen LogP contribution in [0.1, 0.15) is 5.76 Å². The van der Waals surface area contributed by atoms with Crippen LogP contribution in [0.4, 0.5) is 5.69 Å². The zero-order valence-electron chi connectivity index (χ0n) is 14.8. The summed E-state index contributed by atoms with van der Waals surface area (Å²) < 4.78 is 29.2. The number of benzene rings is 2. The summed E-state index contributed by atoms with van der Waals surface area (Å²) in [5.41, 5.74) is 1.04. The minimum atomic E-state index is -3.78. The van der Waals surface area contributed by atoms with E-state index < -0.39 is 15.9 Å². The summed E-state index contributed by atoms with van der Waals surface area (Å²) in [5.74, 6) is 0.186. The minimum Gasteiger partial charge on any atom is -0.457 e. The molecular weight excluding hydrogens is 458 g/mol. The lowest BCUT2D eigenvalue weighted by molar-refractivity contribution is -0.112. The van der Waals surface area contributed by atoms with Crippen LogP contribution < -0.4 is 10.5 Å². The topological polar surface area (TPSA) is 126 Å². The number of nitrogens with one attached hydrogen (secondary N) is 1. The highest BCUT2D eigenvalue weighted by atomic mass is 79.9. The number of halogens is 1. The monoisotopic (exact) mass is 471 g/mol. The van der Waals surface area contributed by atoms with Gasteiger partial charge in [-0.3, -0.25) is 4.79 Å². The second-order valence-electron chi connectivity index (χ2n) is 5.90. The Balaban J connectivity index is 1.79. The smallest absolute Gasteiger partial charge is 0.266 e. The maximum Gasteiger partial charge on any atom is 0.266 e. The third kappa shape index (κ3) is 5.20. The summed E-state index contributed by atoms with van der Waals surface area (Å²) in [4.78, 5) is 12.3. The molecule has 1 heterocycles. The van der Waals surface area contributed by atoms with Gasteiger partial charge in [-0.1, -0.05) is 15.9 Å². The number of carbonyl (C=O) groups excluding carboxylic acids is 1. The molecule has 0 fully saturated rings. The molecule has 0 spiro atoms. The predicted molar refractivity (Wildman–Crippen MR) is 112 cm³/mol. The van der Waals surface area contributed by atoms with Crippen molar-refractivity contribution in [3.63, 3.8) is 0 Å². The molecule has 0 aliphatic rings. The highest BCUT2D eigenvalue weighted by Crippen LogP contribution is 2.25. The lowest BCUT2D eigenvalue weighted by atomic mass is 10.2. The van der Waals surface area contributed by atoms with Gasteiger partial charge in [-0.15, -0.1) is 0 Å². The molecular formula is C20H14BrN3O4S. The molecule has 0 aliphatic carbocycles. The van der Waals surface area contributed by atoms with E-state index in [4.69, 9.17) is 9.56 Å². The van der Waals surface area contributed by atoms with Gasteiger partial charge in [0, 0.05) is 21.8 Å². The molecule has 0 saturated heterocycles. The Bertz CT molecular complexity index is 1220. The standard InChI is InChI=1S/C20H14BrN3O4S/c21-15-3-5-16(6-4-15)24-20(25)14(12-22)11-17-7-10-19(28-17)13-1-8-18(9-2-13)29(23,26)27/h1-11H,(H,24,25)(H2,23,26,27)/b14-11+. The molecule has 0 bridgehead atoms.